The Balaban J connectivity index is 1.70. The molecular weight excluding hydrogens is 338 g/mol. The van der Waals surface area contributed by atoms with Crippen molar-refractivity contribution < 1.29 is 5.11 Å². The molecule has 0 aliphatic rings. The van der Waals surface area contributed by atoms with Crippen molar-refractivity contribution in [1.29, 1.82) is 0 Å². The molecule has 4 rings (SSSR count). The standard InChI is InChI=1S/C23H19NOS/c25-22(18-10-3-1-4-11-18)23(19-12-5-2-6-13-19)26-21-16-15-17-9-7-8-14-20(17)24-21/h1-16,22-23,25H/t22-,23-/m0/s1. The van der Waals surface area contributed by atoms with Gasteiger partial charge in [0, 0.05) is 5.39 Å². The van der Waals surface area contributed by atoms with Gasteiger partial charge in [-0.2, -0.15) is 0 Å². The number of fused-ring (bicyclic) bond motifs is 1. The van der Waals surface area contributed by atoms with Crippen molar-refractivity contribution >= 4 is 22.7 Å². The molecule has 0 aliphatic heterocycles. The Kier molecular flexibility index (Phi) is 5.00. The molecule has 0 spiro atoms. The third-order valence-corrected chi connectivity index (χ3v) is 5.63. The lowest BCUT2D eigenvalue weighted by atomic mass is 10.0. The van der Waals surface area contributed by atoms with Crippen LogP contribution in [0.15, 0.2) is 102 Å². The molecular formula is C23H19NOS. The van der Waals surface area contributed by atoms with Crippen LogP contribution in [0.5, 0.6) is 0 Å². The zero-order valence-electron chi connectivity index (χ0n) is 14.2. The molecule has 0 saturated carbocycles. The Bertz CT molecular complexity index is 988. The van der Waals surface area contributed by atoms with E-state index in [1.165, 1.54) is 0 Å². The summed E-state index contributed by atoms with van der Waals surface area (Å²) in [5, 5.41) is 13.0. The van der Waals surface area contributed by atoms with Gasteiger partial charge in [0.15, 0.2) is 0 Å². The number of aromatic nitrogens is 1. The molecule has 0 unspecified atom stereocenters. The topological polar surface area (TPSA) is 33.1 Å². The van der Waals surface area contributed by atoms with E-state index < -0.39 is 6.10 Å². The van der Waals surface area contributed by atoms with Gasteiger partial charge in [0.2, 0.25) is 0 Å². The Morgan fingerprint density at radius 1 is 0.654 bits per heavy atom. The fourth-order valence-electron chi connectivity index (χ4n) is 3.03. The number of thioether (sulfide) groups is 1. The number of benzene rings is 3. The van der Waals surface area contributed by atoms with Crippen LogP contribution in [0.4, 0.5) is 0 Å². The monoisotopic (exact) mass is 357 g/mol. The highest BCUT2D eigenvalue weighted by Crippen LogP contribution is 2.43. The van der Waals surface area contributed by atoms with Crippen LogP contribution in [0.3, 0.4) is 0 Å². The third-order valence-electron chi connectivity index (χ3n) is 4.38. The zero-order valence-corrected chi connectivity index (χ0v) is 15.0. The van der Waals surface area contributed by atoms with E-state index in [1.54, 1.807) is 11.8 Å². The normalized spacial score (nSPS) is 13.4. The van der Waals surface area contributed by atoms with E-state index in [4.69, 9.17) is 4.98 Å². The molecule has 1 aromatic heterocycles. The van der Waals surface area contributed by atoms with E-state index in [2.05, 4.69) is 24.3 Å². The SMILES string of the molecule is O[C@@H](c1ccccc1)[C@@H](Sc1ccc2ccccc2n1)c1ccccc1. The van der Waals surface area contributed by atoms with Crippen molar-refractivity contribution in [3.05, 3.63) is 108 Å². The van der Waals surface area contributed by atoms with Crippen LogP contribution in [0.2, 0.25) is 0 Å². The Labute approximate surface area is 157 Å². The molecule has 4 aromatic rings. The van der Waals surface area contributed by atoms with Crippen molar-refractivity contribution in [3.63, 3.8) is 0 Å². The fourth-order valence-corrected chi connectivity index (χ4v) is 4.16. The van der Waals surface area contributed by atoms with Gasteiger partial charge in [0.25, 0.3) is 0 Å². The lowest BCUT2D eigenvalue weighted by molar-refractivity contribution is 0.175. The van der Waals surface area contributed by atoms with Gasteiger partial charge in [-0.25, -0.2) is 4.98 Å². The number of para-hydroxylation sites is 1. The minimum atomic E-state index is -0.614. The predicted molar refractivity (Wildman–Crippen MR) is 108 cm³/mol. The molecule has 0 saturated heterocycles. The predicted octanol–water partition coefficient (Wildman–Crippen LogP) is 5.80. The Hall–Kier alpha value is -2.62. The summed E-state index contributed by atoms with van der Waals surface area (Å²) in [5.74, 6) is 0. The molecule has 3 heteroatoms. The first kappa shape index (κ1) is 16.8. The van der Waals surface area contributed by atoms with E-state index >= 15 is 0 Å². The van der Waals surface area contributed by atoms with Crippen LogP contribution in [-0.2, 0) is 0 Å². The highest BCUT2D eigenvalue weighted by Gasteiger charge is 2.24. The maximum absolute atomic E-state index is 11.1. The van der Waals surface area contributed by atoms with Gasteiger partial charge in [0.05, 0.1) is 21.9 Å². The van der Waals surface area contributed by atoms with Crippen LogP contribution in [0, 0.1) is 0 Å². The number of nitrogens with zero attached hydrogens (tertiary/aromatic N) is 1. The van der Waals surface area contributed by atoms with Crippen molar-refractivity contribution in [2.75, 3.05) is 0 Å². The van der Waals surface area contributed by atoms with Crippen LogP contribution >= 0.6 is 11.8 Å². The number of pyridine rings is 1. The highest BCUT2D eigenvalue weighted by molar-refractivity contribution is 7.99. The maximum Gasteiger partial charge on any atom is 0.0974 e. The molecule has 0 radical (unpaired) electrons. The number of aliphatic hydroxyl groups is 1. The summed E-state index contributed by atoms with van der Waals surface area (Å²) < 4.78 is 0. The summed E-state index contributed by atoms with van der Waals surface area (Å²) in [6.07, 6.45) is -0.614. The third kappa shape index (κ3) is 3.64. The molecule has 26 heavy (non-hydrogen) atoms. The molecule has 1 N–H and O–H groups in total. The first-order chi connectivity index (χ1) is 12.8. The largest absolute Gasteiger partial charge is 0.387 e. The first-order valence-electron chi connectivity index (χ1n) is 8.62. The van der Waals surface area contributed by atoms with Crippen LogP contribution < -0.4 is 0 Å². The van der Waals surface area contributed by atoms with Gasteiger partial charge in [0.1, 0.15) is 0 Å². The van der Waals surface area contributed by atoms with Crippen molar-refractivity contribution in [3.8, 4) is 0 Å². The maximum atomic E-state index is 11.1. The molecule has 128 valence electrons. The summed E-state index contributed by atoms with van der Waals surface area (Å²) in [5.41, 5.74) is 2.97. The van der Waals surface area contributed by atoms with Gasteiger partial charge < -0.3 is 5.11 Å². The summed E-state index contributed by atoms with van der Waals surface area (Å²) in [7, 11) is 0. The second-order valence-electron chi connectivity index (χ2n) is 6.15. The molecule has 0 aliphatic carbocycles. The van der Waals surface area contributed by atoms with Crippen molar-refractivity contribution in [2.24, 2.45) is 0 Å². The second kappa shape index (κ2) is 7.73. The van der Waals surface area contributed by atoms with E-state index in [0.29, 0.717) is 0 Å². The zero-order chi connectivity index (χ0) is 17.8. The van der Waals surface area contributed by atoms with E-state index in [1.807, 2.05) is 72.8 Å². The van der Waals surface area contributed by atoms with Gasteiger partial charge in [-0.1, -0.05) is 96.7 Å². The highest BCUT2D eigenvalue weighted by atomic mass is 32.2. The van der Waals surface area contributed by atoms with Gasteiger partial charge >= 0.3 is 0 Å². The number of aliphatic hydroxyl groups excluding tert-OH is 1. The second-order valence-corrected chi connectivity index (χ2v) is 7.31. The Morgan fingerprint density at radius 3 is 2.00 bits per heavy atom. The van der Waals surface area contributed by atoms with Crippen molar-refractivity contribution in [1.82, 2.24) is 4.98 Å². The number of hydrogen-bond acceptors (Lipinski definition) is 3. The summed E-state index contributed by atoms with van der Waals surface area (Å²) in [6, 6.07) is 32.2. The minimum Gasteiger partial charge on any atom is -0.387 e. The number of hydrogen-bond donors (Lipinski definition) is 1. The van der Waals surface area contributed by atoms with E-state index in [9.17, 15) is 5.11 Å². The summed E-state index contributed by atoms with van der Waals surface area (Å²) in [6.45, 7) is 0. The van der Waals surface area contributed by atoms with Crippen LogP contribution in [-0.4, -0.2) is 10.1 Å². The molecule has 2 nitrogen and oxygen atoms in total. The first-order valence-corrected chi connectivity index (χ1v) is 9.49. The molecule has 0 bridgehead atoms. The summed E-state index contributed by atoms with van der Waals surface area (Å²) in [4.78, 5) is 4.77. The molecule has 1 heterocycles. The van der Waals surface area contributed by atoms with E-state index in [-0.39, 0.29) is 5.25 Å². The van der Waals surface area contributed by atoms with Gasteiger partial charge in [-0.05, 0) is 23.3 Å². The smallest absolute Gasteiger partial charge is 0.0974 e. The molecule has 0 amide bonds. The molecule has 0 fully saturated rings. The average molecular weight is 357 g/mol. The van der Waals surface area contributed by atoms with Crippen LogP contribution in [0.25, 0.3) is 10.9 Å². The molecule has 2 atom stereocenters. The van der Waals surface area contributed by atoms with Gasteiger partial charge in [-0.15, -0.1) is 0 Å². The van der Waals surface area contributed by atoms with E-state index in [0.717, 1.165) is 27.1 Å². The number of rotatable bonds is 5. The Morgan fingerprint density at radius 2 is 1.27 bits per heavy atom. The molecule has 3 aromatic carbocycles. The quantitative estimate of drug-likeness (QED) is 0.458. The lowest BCUT2D eigenvalue weighted by Crippen LogP contribution is -2.08. The average Bonchev–Trinajstić information content (AvgIpc) is 2.73. The van der Waals surface area contributed by atoms with Crippen molar-refractivity contribution in [2.45, 2.75) is 16.4 Å². The summed E-state index contributed by atoms with van der Waals surface area (Å²) >= 11 is 1.60. The minimum absolute atomic E-state index is 0.132. The van der Waals surface area contributed by atoms with Crippen LogP contribution in [0.1, 0.15) is 22.5 Å². The van der Waals surface area contributed by atoms with Gasteiger partial charge in [-0.3, -0.25) is 0 Å². The fraction of sp³-hybridized carbons (Fsp3) is 0.0870. The lowest BCUT2D eigenvalue weighted by Gasteiger charge is -2.23.